The van der Waals surface area contributed by atoms with Crippen LogP contribution in [0.5, 0.6) is 0 Å². The number of carbonyl (C=O) groups excluding carboxylic acids is 2. The van der Waals surface area contributed by atoms with Crippen LogP contribution in [0.3, 0.4) is 0 Å². The first-order chi connectivity index (χ1) is 18.2. The third-order valence-electron chi connectivity index (χ3n) is 7.52. The number of hydrogen-bond donors (Lipinski definition) is 0. The second-order valence-electron chi connectivity index (χ2n) is 12.3. The molecule has 2 aromatic rings. The summed E-state index contributed by atoms with van der Waals surface area (Å²) in [7, 11) is 1.64. The van der Waals surface area contributed by atoms with Gasteiger partial charge in [-0.1, -0.05) is 77.3 Å². The van der Waals surface area contributed by atoms with Gasteiger partial charge in [0.1, 0.15) is 0 Å². The Hall–Kier alpha value is -2.60. The molecule has 1 aromatic heterocycles. The molecule has 210 valence electrons. The zero-order chi connectivity index (χ0) is 27.5. The van der Waals surface area contributed by atoms with Crippen molar-refractivity contribution in [2.45, 2.75) is 91.8 Å². The first-order valence-electron chi connectivity index (χ1n) is 14.4. The predicted molar refractivity (Wildman–Crippen MR) is 154 cm³/mol. The van der Waals surface area contributed by atoms with Gasteiger partial charge in [-0.05, 0) is 48.3 Å². The topological polar surface area (TPSA) is 54.8 Å². The van der Waals surface area contributed by atoms with Gasteiger partial charge in [0.2, 0.25) is 11.8 Å². The Labute approximate surface area is 230 Å². The average molecular weight is 524 g/mol. The average Bonchev–Trinajstić information content (AvgIpc) is 3.31. The molecule has 1 aromatic carbocycles. The number of methoxy groups -OCH3 is 1. The van der Waals surface area contributed by atoms with Crippen molar-refractivity contribution in [2.24, 2.45) is 11.3 Å². The van der Waals surface area contributed by atoms with Gasteiger partial charge in [0.15, 0.2) is 0 Å². The lowest BCUT2D eigenvalue weighted by molar-refractivity contribution is -0.143. The minimum absolute atomic E-state index is 0.0392. The van der Waals surface area contributed by atoms with E-state index >= 15 is 0 Å². The van der Waals surface area contributed by atoms with Gasteiger partial charge >= 0.3 is 0 Å². The van der Waals surface area contributed by atoms with E-state index in [1.807, 2.05) is 6.07 Å². The number of rotatable bonds is 13. The van der Waals surface area contributed by atoms with E-state index < -0.39 is 0 Å². The van der Waals surface area contributed by atoms with Gasteiger partial charge in [-0.25, -0.2) is 0 Å². The molecule has 1 fully saturated rings. The summed E-state index contributed by atoms with van der Waals surface area (Å²) in [6.45, 7) is 11.1. The molecule has 0 aliphatic heterocycles. The van der Waals surface area contributed by atoms with E-state index in [1.165, 1.54) is 12.0 Å². The summed E-state index contributed by atoms with van der Waals surface area (Å²) < 4.78 is 7.54. The number of amides is 2. The van der Waals surface area contributed by atoms with E-state index in [9.17, 15) is 9.59 Å². The van der Waals surface area contributed by atoms with Crippen LogP contribution < -0.4 is 0 Å². The Morgan fingerprint density at radius 3 is 2.39 bits per heavy atom. The molecule has 1 aliphatic rings. The lowest BCUT2D eigenvalue weighted by Crippen LogP contribution is -2.48. The molecule has 0 saturated heterocycles. The van der Waals surface area contributed by atoms with E-state index in [0.29, 0.717) is 26.1 Å². The molecule has 6 heteroatoms. The number of ether oxygens (including phenoxy) is 1. The van der Waals surface area contributed by atoms with E-state index in [1.54, 1.807) is 12.0 Å². The van der Waals surface area contributed by atoms with Gasteiger partial charge < -0.3 is 19.1 Å². The maximum atomic E-state index is 13.9. The van der Waals surface area contributed by atoms with Crippen LogP contribution in [0.25, 0.3) is 0 Å². The molecule has 6 nitrogen and oxygen atoms in total. The SMILES string of the molecule is COCCN(CC(=O)N(Cc1cccn1Cc1ccccc1)C1CCCCC1)C(=O)CC(C)CC(C)(C)C. The zero-order valence-electron chi connectivity index (χ0n) is 24.3. The number of aromatic nitrogens is 1. The van der Waals surface area contributed by atoms with E-state index in [0.717, 1.165) is 44.3 Å². The van der Waals surface area contributed by atoms with Crippen molar-refractivity contribution in [1.82, 2.24) is 14.4 Å². The van der Waals surface area contributed by atoms with Crippen LogP contribution in [-0.4, -0.2) is 59.0 Å². The Bertz CT molecular complexity index is 989. The molecule has 38 heavy (non-hydrogen) atoms. The maximum Gasteiger partial charge on any atom is 0.242 e. The quantitative estimate of drug-likeness (QED) is 0.317. The fourth-order valence-electron chi connectivity index (χ4n) is 5.81. The summed E-state index contributed by atoms with van der Waals surface area (Å²) in [4.78, 5) is 31.0. The Morgan fingerprint density at radius 1 is 1.03 bits per heavy atom. The monoisotopic (exact) mass is 523 g/mol. The van der Waals surface area contributed by atoms with E-state index in [4.69, 9.17) is 4.74 Å². The molecule has 0 spiro atoms. The molecule has 1 saturated carbocycles. The summed E-state index contributed by atoms with van der Waals surface area (Å²) in [6, 6.07) is 14.8. The first-order valence-corrected chi connectivity index (χ1v) is 14.4. The minimum Gasteiger partial charge on any atom is -0.383 e. The van der Waals surface area contributed by atoms with Crippen LogP contribution in [0.2, 0.25) is 0 Å². The van der Waals surface area contributed by atoms with E-state index in [2.05, 4.69) is 79.8 Å². The van der Waals surface area contributed by atoms with Gasteiger partial charge in [-0.3, -0.25) is 9.59 Å². The smallest absolute Gasteiger partial charge is 0.242 e. The molecular formula is C32H49N3O3. The van der Waals surface area contributed by atoms with Crippen LogP contribution in [0, 0.1) is 11.3 Å². The summed E-state index contributed by atoms with van der Waals surface area (Å²) in [5.41, 5.74) is 2.53. The maximum absolute atomic E-state index is 13.9. The van der Waals surface area contributed by atoms with Gasteiger partial charge in [0, 0.05) is 44.6 Å². The zero-order valence-corrected chi connectivity index (χ0v) is 24.3. The van der Waals surface area contributed by atoms with Gasteiger partial charge in [-0.2, -0.15) is 0 Å². The number of nitrogens with zero attached hydrogens (tertiary/aromatic N) is 3. The van der Waals surface area contributed by atoms with Crippen molar-refractivity contribution in [3.63, 3.8) is 0 Å². The Kier molecular flexibility index (Phi) is 11.4. The first kappa shape index (κ1) is 29.9. The van der Waals surface area contributed by atoms with Crippen molar-refractivity contribution in [2.75, 3.05) is 26.8 Å². The fraction of sp³-hybridized carbons (Fsp3) is 0.625. The van der Waals surface area contributed by atoms with Gasteiger partial charge in [0.05, 0.1) is 19.7 Å². The molecule has 0 N–H and O–H groups in total. The molecule has 1 aliphatic carbocycles. The standard InChI is InChI=1S/C32H49N3O3/c1-26(22-32(2,3)4)21-30(36)34(19-20-38-5)25-31(37)35(28-15-10-7-11-16-28)24-29-17-12-18-33(29)23-27-13-8-6-9-14-27/h6,8-9,12-14,17-18,26,28H,7,10-11,15-16,19-25H2,1-5H3. The molecule has 0 bridgehead atoms. The third-order valence-corrected chi connectivity index (χ3v) is 7.52. The normalized spacial score (nSPS) is 15.3. The number of hydrogen-bond acceptors (Lipinski definition) is 3. The van der Waals surface area contributed by atoms with Crippen LogP contribution in [0.4, 0.5) is 0 Å². The van der Waals surface area contributed by atoms with Crippen molar-refractivity contribution < 1.29 is 14.3 Å². The van der Waals surface area contributed by atoms with Gasteiger partial charge in [0.25, 0.3) is 0 Å². The van der Waals surface area contributed by atoms with Crippen LogP contribution in [0.15, 0.2) is 48.7 Å². The van der Waals surface area contributed by atoms with Crippen LogP contribution >= 0.6 is 0 Å². The molecular weight excluding hydrogens is 474 g/mol. The molecule has 2 amide bonds. The lowest BCUT2D eigenvalue weighted by atomic mass is 9.84. The minimum atomic E-state index is 0.0392. The van der Waals surface area contributed by atoms with Crippen molar-refractivity contribution in [3.05, 3.63) is 59.9 Å². The third kappa shape index (κ3) is 9.61. The summed E-state index contributed by atoms with van der Waals surface area (Å²) >= 11 is 0. The highest BCUT2D eigenvalue weighted by molar-refractivity contribution is 5.85. The van der Waals surface area contributed by atoms with Crippen molar-refractivity contribution in [1.29, 1.82) is 0 Å². The molecule has 1 atom stereocenters. The Balaban J connectivity index is 1.75. The molecule has 1 heterocycles. The summed E-state index contributed by atoms with van der Waals surface area (Å²) in [5, 5.41) is 0. The summed E-state index contributed by atoms with van der Waals surface area (Å²) in [6.07, 6.45) is 9.10. The molecule has 1 unspecified atom stereocenters. The van der Waals surface area contributed by atoms with Crippen molar-refractivity contribution in [3.8, 4) is 0 Å². The van der Waals surface area contributed by atoms with Crippen LogP contribution in [-0.2, 0) is 27.4 Å². The number of carbonyl (C=O) groups is 2. The second kappa shape index (κ2) is 14.5. The lowest BCUT2D eigenvalue weighted by Gasteiger charge is -2.36. The summed E-state index contributed by atoms with van der Waals surface area (Å²) in [5.74, 6) is 0.346. The fourth-order valence-corrected chi connectivity index (χ4v) is 5.81. The highest BCUT2D eigenvalue weighted by atomic mass is 16.5. The Morgan fingerprint density at radius 2 is 1.74 bits per heavy atom. The van der Waals surface area contributed by atoms with Crippen LogP contribution in [0.1, 0.15) is 83.9 Å². The number of benzene rings is 1. The predicted octanol–water partition coefficient (Wildman–Crippen LogP) is 6.14. The molecule has 0 radical (unpaired) electrons. The second-order valence-corrected chi connectivity index (χ2v) is 12.3. The highest BCUT2D eigenvalue weighted by Crippen LogP contribution is 2.27. The van der Waals surface area contributed by atoms with E-state index in [-0.39, 0.29) is 35.7 Å². The largest absolute Gasteiger partial charge is 0.383 e. The van der Waals surface area contributed by atoms with Crippen molar-refractivity contribution >= 4 is 11.8 Å². The highest BCUT2D eigenvalue weighted by Gasteiger charge is 2.29. The van der Waals surface area contributed by atoms with Gasteiger partial charge in [-0.15, -0.1) is 0 Å². The molecule has 3 rings (SSSR count).